The fraction of sp³-hybridized carbons (Fsp3) is 0.333. The Labute approximate surface area is 176 Å². The number of rotatable bonds is 10. The van der Waals surface area contributed by atoms with Gasteiger partial charge >= 0.3 is 5.97 Å². The number of sulfonamides is 1. The van der Waals surface area contributed by atoms with Crippen molar-refractivity contribution in [1.29, 1.82) is 0 Å². The Morgan fingerprint density at radius 3 is 2.40 bits per heavy atom. The molecule has 162 valence electrons. The van der Waals surface area contributed by atoms with E-state index in [1.54, 1.807) is 12.1 Å². The zero-order valence-corrected chi connectivity index (χ0v) is 18.0. The maximum Gasteiger partial charge on any atom is 0.307 e. The number of hydrogen-bond acceptors (Lipinski definition) is 6. The maximum atomic E-state index is 12.2. The van der Waals surface area contributed by atoms with Crippen molar-refractivity contribution in [3.8, 4) is 5.75 Å². The van der Waals surface area contributed by atoms with Gasteiger partial charge in [-0.15, -0.1) is 0 Å². The van der Waals surface area contributed by atoms with Crippen LogP contribution in [0.3, 0.4) is 0 Å². The Bertz CT molecular complexity index is 987. The van der Waals surface area contributed by atoms with Gasteiger partial charge in [-0.1, -0.05) is 12.1 Å². The number of esters is 1. The van der Waals surface area contributed by atoms with Gasteiger partial charge in [0.25, 0.3) is 5.91 Å². The molecule has 0 atom stereocenters. The summed E-state index contributed by atoms with van der Waals surface area (Å²) in [5.74, 6) is -0.577. The number of benzene rings is 2. The fourth-order valence-corrected chi connectivity index (χ4v) is 3.56. The first-order valence-electron chi connectivity index (χ1n) is 9.46. The van der Waals surface area contributed by atoms with Crippen LogP contribution >= 0.6 is 0 Å². The molecule has 9 heteroatoms. The molecule has 0 heterocycles. The van der Waals surface area contributed by atoms with Crippen LogP contribution in [0, 0.1) is 13.8 Å². The van der Waals surface area contributed by atoms with Crippen molar-refractivity contribution in [2.45, 2.75) is 32.1 Å². The van der Waals surface area contributed by atoms with Crippen LogP contribution in [0.5, 0.6) is 5.75 Å². The molecule has 8 nitrogen and oxygen atoms in total. The second-order valence-electron chi connectivity index (χ2n) is 6.58. The summed E-state index contributed by atoms with van der Waals surface area (Å²) in [6.07, 6.45) is -0.201. The largest absolute Gasteiger partial charge is 0.494 e. The van der Waals surface area contributed by atoms with Crippen LogP contribution < -0.4 is 14.8 Å². The maximum absolute atomic E-state index is 12.2. The number of ether oxygens (including phenoxy) is 2. The predicted octanol–water partition coefficient (Wildman–Crippen LogP) is 2.55. The summed E-state index contributed by atoms with van der Waals surface area (Å²) in [4.78, 5) is 23.8. The highest BCUT2D eigenvalue weighted by atomic mass is 32.2. The quantitative estimate of drug-likeness (QED) is 0.556. The van der Waals surface area contributed by atoms with Gasteiger partial charge in [-0.2, -0.15) is 0 Å². The van der Waals surface area contributed by atoms with Crippen molar-refractivity contribution in [2.24, 2.45) is 0 Å². The average Bonchev–Trinajstić information content (AvgIpc) is 2.70. The average molecular weight is 435 g/mol. The number of anilines is 1. The Balaban J connectivity index is 1.76. The molecular formula is C21H26N2O6S. The molecule has 0 aliphatic heterocycles. The lowest BCUT2D eigenvalue weighted by Crippen LogP contribution is -2.28. The van der Waals surface area contributed by atoms with Gasteiger partial charge in [0, 0.05) is 12.2 Å². The van der Waals surface area contributed by atoms with Crippen LogP contribution in [0.25, 0.3) is 0 Å². The van der Waals surface area contributed by atoms with Gasteiger partial charge in [-0.25, -0.2) is 13.1 Å². The van der Waals surface area contributed by atoms with Gasteiger partial charge in [0.2, 0.25) is 10.0 Å². The summed E-state index contributed by atoms with van der Waals surface area (Å²) in [5, 5.41) is 2.68. The minimum absolute atomic E-state index is 0.0622. The summed E-state index contributed by atoms with van der Waals surface area (Å²) in [6.45, 7) is 5.49. The van der Waals surface area contributed by atoms with Crippen molar-refractivity contribution in [2.75, 3.05) is 25.1 Å². The third-order valence-electron chi connectivity index (χ3n) is 4.10. The van der Waals surface area contributed by atoms with E-state index in [1.807, 2.05) is 39.0 Å². The zero-order valence-electron chi connectivity index (χ0n) is 17.2. The van der Waals surface area contributed by atoms with Crippen molar-refractivity contribution >= 4 is 27.6 Å². The molecule has 0 saturated carbocycles. The molecule has 2 rings (SSSR count). The van der Waals surface area contributed by atoms with E-state index in [9.17, 15) is 18.0 Å². The molecule has 0 radical (unpaired) electrons. The van der Waals surface area contributed by atoms with E-state index in [4.69, 9.17) is 9.47 Å². The van der Waals surface area contributed by atoms with Crippen molar-refractivity contribution in [3.63, 3.8) is 0 Å². The molecule has 1 amide bonds. The molecule has 2 aromatic rings. The standard InChI is InChI=1S/C21H26N2O6S/c1-4-28-17-7-9-18(10-8-17)30(26,27)22-12-11-21(25)29-14-20(24)23-19-13-15(2)5-6-16(19)3/h5-10,13,22H,4,11-12,14H2,1-3H3,(H,23,24). The Morgan fingerprint density at radius 2 is 1.73 bits per heavy atom. The molecule has 0 aliphatic rings. The Morgan fingerprint density at radius 1 is 1.03 bits per heavy atom. The van der Waals surface area contributed by atoms with E-state index in [1.165, 1.54) is 12.1 Å². The summed E-state index contributed by atoms with van der Waals surface area (Å²) < 4.78 is 37.0. The molecule has 0 aromatic heterocycles. The van der Waals surface area contributed by atoms with E-state index in [2.05, 4.69) is 10.0 Å². The van der Waals surface area contributed by atoms with Gasteiger partial charge in [0.05, 0.1) is 17.9 Å². The number of hydrogen-bond donors (Lipinski definition) is 2. The van der Waals surface area contributed by atoms with Gasteiger partial charge in [-0.05, 0) is 62.2 Å². The molecule has 2 N–H and O–H groups in total. The SMILES string of the molecule is CCOc1ccc(S(=O)(=O)NCCC(=O)OCC(=O)Nc2cc(C)ccc2C)cc1. The summed E-state index contributed by atoms with van der Waals surface area (Å²) in [7, 11) is -3.76. The summed E-state index contributed by atoms with van der Waals surface area (Å²) >= 11 is 0. The second-order valence-corrected chi connectivity index (χ2v) is 8.35. The summed E-state index contributed by atoms with van der Waals surface area (Å²) in [5.41, 5.74) is 2.54. The molecule has 0 saturated heterocycles. The first-order valence-corrected chi connectivity index (χ1v) is 10.9. The van der Waals surface area contributed by atoms with E-state index < -0.39 is 28.5 Å². The van der Waals surface area contributed by atoms with E-state index in [0.717, 1.165) is 11.1 Å². The lowest BCUT2D eigenvalue weighted by Gasteiger charge is -2.10. The highest BCUT2D eigenvalue weighted by molar-refractivity contribution is 7.89. The first kappa shape index (κ1) is 23.4. The summed E-state index contributed by atoms with van der Waals surface area (Å²) in [6, 6.07) is 11.6. The van der Waals surface area contributed by atoms with Crippen LogP contribution in [-0.2, 0) is 24.3 Å². The van der Waals surface area contributed by atoms with Gasteiger partial charge in [0.15, 0.2) is 6.61 Å². The van der Waals surface area contributed by atoms with Crippen LogP contribution in [-0.4, -0.2) is 40.1 Å². The van der Waals surface area contributed by atoms with Gasteiger partial charge in [0.1, 0.15) is 5.75 Å². The normalized spacial score (nSPS) is 11.0. The minimum atomic E-state index is -3.76. The molecule has 0 bridgehead atoms. The Hall–Kier alpha value is -2.91. The molecule has 0 spiro atoms. The van der Waals surface area contributed by atoms with Crippen molar-refractivity contribution in [3.05, 3.63) is 53.6 Å². The highest BCUT2D eigenvalue weighted by Gasteiger charge is 2.15. The molecule has 0 fully saturated rings. The van der Waals surface area contributed by atoms with Crippen LogP contribution in [0.1, 0.15) is 24.5 Å². The number of aryl methyl sites for hydroxylation is 2. The molecule has 0 aliphatic carbocycles. The number of nitrogens with one attached hydrogen (secondary N) is 2. The smallest absolute Gasteiger partial charge is 0.307 e. The molecular weight excluding hydrogens is 408 g/mol. The van der Waals surface area contributed by atoms with E-state index in [-0.39, 0.29) is 17.9 Å². The predicted molar refractivity (Wildman–Crippen MR) is 113 cm³/mol. The zero-order chi connectivity index (χ0) is 22.1. The van der Waals surface area contributed by atoms with Gasteiger partial charge in [-0.3, -0.25) is 9.59 Å². The van der Waals surface area contributed by atoms with E-state index >= 15 is 0 Å². The fourth-order valence-electron chi connectivity index (χ4n) is 2.53. The molecule has 0 unspecified atom stereocenters. The highest BCUT2D eigenvalue weighted by Crippen LogP contribution is 2.17. The van der Waals surface area contributed by atoms with Crippen LogP contribution in [0.15, 0.2) is 47.4 Å². The monoisotopic (exact) mass is 434 g/mol. The minimum Gasteiger partial charge on any atom is -0.494 e. The van der Waals surface area contributed by atoms with Crippen molar-refractivity contribution in [1.82, 2.24) is 4.72 Å². The second kappa shape index (κ2) is 10.7. The van der Waals surface area contributed by atoms with Crippen LogP contribution in [0.2, 0.25) is 0 Å². The van der Waals surface area contributed by atoms with Crippen molar-refractivity contribution < 1.29 is 27.5 Å². The third kappa shape index (κ3) is 7.16. The number of carbonyl (C=O) groups excluding carboxylic acids is 2. The topological polar surface area (TPSA) is 111 Å². The third-order valence-corrected chi connectivity index (χ3v) is 5.57. The number of amides is 1. The molecule has 30 heavy (non-hydrogen) atoms. The first-order chi connectivity index (χ1) is 14.2. The Kier molecular flexibility index (Phi) is 8.37. The molecule has 2 aromatic carbocycles. The lowest BCUT2D eigenvalue weighted by atomic mass is 10.1. The lowest BCUT2D eigenvalue weighted by molar-refractivity contribution is -0.147. The van der Waals surface area contributed by atoms with Crippen LogP contribution in [0.4, 0.5) is 5.69 Å². The van der Waals surface area contributed by atoms with Gasteiger partial charge < -0.3 is 14.8 Å². The van der Waals surface area contributed by atoms with E-state index in [0.29, 0.717) is 18.0 Å². The number of carbonyl (C=O) groups is 2.